The molecule has 1 N–H and O–H groups in total. The smallest absolute Gasteiger partial charge is 0.129 e. The first kappa shape index (κ1) is 13.3. The third-order valence-electron chi connectivity index (χ3n) is 2.31. The average molecular weight is 225 g/mol. The molecule has 0 fully saturated rings. The van der Waals surface area contributed by atoms with Crippen LogP contribution in [0.1, 0.15) is 33.5 Å². The second kappa shape index (κ2) is 6.06. The Morgan fingerprint density at radius 1 is 1.44 bits per heavy atom. The molecule has 1 heterocycles. The zero-order valence-corrected chi connectivity index (χ0v) is 10.7. The molecule has 0 saturated carbocycles. The lowest BCUT2D eigenvalue weighted by atomic mass is 9.94. The van der Waals surface area contributed by atoms with E-state index >= 15 is 0 Å². The monoisotopic (exact) mass is 225 g/mol. The van der Waals surface area contributed by atoms with Crippen LogP contribution >= 0.6 is 0 Å². The van der Waals surface area contributed by atoms with Crippen LogP contribution in [0.3, 0.4) is 0 Å². The normalized spacial score (nSPS) is 12.3. The van der Waals surface area contributed by atoms with Crippen LogP contribution in [0.15, 0.2) is 22.8 Å². The summed E-state index contributed by atoms with van der Waals surface area (Å²) in [7, 11) is 0. The highest BCUT2D eigenvalue weighted by atomic mass is 16.5. The molecule has 16 heavy (non-hydrogen) atoms. The van der Waals surface area contributed by atoms with Crippen LogP contribution in [0.25, 0.3) is 0 Å². The fourth-order valence-electron chi connectivity index (χ4n) is 1.35. The van der Waals surface area contributed by atoms with Gasteiger partial charge in [-0.25, -0.2) is 0 Å². The van der Waals surface area contributed by atoms with Gasteiger partial charge in [-0.1, -0.05) is 27.7 Å². The second-order valence-corrected chi connectivity index (χ2v) is 5.27. The minimum absolute atomic E-state index is 0.150. The van der Waals surface area contributed by atoms with Gasteiger partial charge < -0.3 is 14.5 Å². The lowest BCUT2D eigenvalue weighted by Crippen LogP contribution is -2.36. The Morgan fingerprint density at radius 2 is 2.19 bits per heavy atom. The molecule has 3 heteroatoms. The van der Waals surface area contributed by atoms with Crippen molar-refractivity contribution < 1.29 is 9.15 Å². The molecule has 1 aromatic heterocycles. The molecule has 0 amide bonds. The summed E-state index contributed by atoms with van der Waals surface area (Å²) in [6.07, 6.45) is 1.67. The third kappa shape index (κ3) is 5.33. The number of ether oxygens (including phenoxy) is 1. The predicted octanol–water partition coefficient (Wildman–Crippen LogP) is 2.82. The Morgan fingerprint density at radius 3 is 2.75 bits per heavy atom. The molecule has 0 aromatic carbocycles. The van der Waals surface area contributed by atoms with Gasteiger partial charge in [-0.3, -0.25) is 0 Å². The number of hydrogen-bond donors (Lipinski definition) is 1. The molecule has 3 nitrogen and oxygen atoms in total. The van der Waals surface area contributed by atoms with Crippen molar-refractivity contribution in [2.24, 2.45) is 5.41 Å². The van der Waals surface area contributed by atoms with Gasteiger partial charge in [0.25, 0.3) is 0 Å². The van der Waals surface area contributed by atoms with Crippen molar-refractivity contribution in [3.8, 4) is 0 Å². The quantitative estimate of drug-likeness (QED) is 0.775. The number of furan rings is 1. The van der Waals surface area contributed by atoms with Crippen molar-refractivity contribution in [3.05, 3.63) is 24.2 Å². The average Bonchev–Trinajstić information content (AvgIpc) is 2.68. The van der Waals surface area contributed by atoms with E-state index in [2.05, 4.69) is 33.0 Å². The lowest BCUT2D eigenvalue weighted by molar-refractivity contribution is 0.0417. The van der Waals surface area contributed by atoms with Crippen LogP contribution in [0.2, 0.25) is 0 Å². The van der Waals surface area contributed by atoms with Gasteiger partial charge in [-0.2, -0.15) is 0 Å². The van der Waals surface area contributed by atoms with Gasteiger partial charge in [0.2, 0.25) is 0 Å². The third-order valence-corrected chi connectivity index (χ3v) is 2.31. The molecule has 0 saturated heterocycles. The summed E-state index contributed by atoms with van der Waals surface area (Å²) >= 11 is 0. The number of nitrogens with one attached hydrogen (secondary N) is 1. The van der Waals surface area contributed by atoms with Crippen LogP contribution in [0.5, 0.6) is 0 Å². The van der Waals surface area contributed by atoms with E-state index in [4.69, 9.17) is 9.15 Å². The Bertz CT molecular complexity index is 278. The molecule has 0 aliphatic carbocycles. The van der Waals surface area contributed by atoms with Gasteiger partial charge >= 0.3 is 0 Å². The molecular formula is C13H23NO2. The second-order valence-electron chi connectivity index (χ2n) is 5.27. The van der Waals surface area contributed by atoms with Crippen molar-refractivity contribution in [1.29, 1.82) is 0 Å². The lowest BCUT2D eigenvalue weighted by Gasteiger charge is -2.25. The van der Waals surface area contributed by atoms with Crippen molar-refractivity contribution >= 4 is 0 Å². The summed E-state index contributed by atoms with van der Waals surface area (Å²) in [5, 5.41) is 3.43. The maximum atomic E-state index is 5.64. The largest absolute Gasteiger partial charge is 0.467 e. The van der Waals surface area contributed by atoms with Crippen molar-refractivity contribution in [1.82, 2.24) is 5.32 Å². The number of rotatable bonds is 7. The maximum absolute atomic E-state index is 5.64. The van der Waals surface area contributed by atoms with Crippen LogP contribution in [0, 0.1) is 5.41 Å². The van der Waals surface area contributed by atoms with Crippen LogP contribution in [-0.2, 0) is 11.3 Å². The molecule has 1 aromatic rings. The van der Waals surface area contributed by atoms with E-state index in [9.17, 15) is 0 Å². The van der Waals surface area contributed by atoms with Gasteiger partial charge in [0.15, 0.2) is 0 Å². The summed E-state index contributed by atoms with van der Waals surface area (Å²) in [6, 6.07) is 4.33. The van der Waals surface area contributed by atoms with Gasteiger partial charge in [0.05, 0.1) is 12.9 Å². The standard InChI is InChI=1S/C13H23NO2/c1-11(2)14-9-13(3,4)10-15-8-12-6-5-7-16-12/h5-7,11,14H,8-10H2,1-4H3. The first-order valence-electron chi connectivity index (χ1n) is 5.83. The highest BCUT2D eigenvalue weighted by Crippen LogP contribution is 2.15. The van der Waals surface area contributed by atoms with Crippen molar-refractivity contribution in [2.45, 2.75) is 40.3 Å². The summed E-state index contributed by atoms with van der Waals surface area (Å²) in [5.74, 6) is 0.882. The molecule has 0 aliphatic heterocycles. The minimum Gasteiger partial charge on any atom is -0.467 e. The highest BCUT2D eigenvalue weighted by molar-refractivity contribution is 4.96. The molecular weight excluding hydrogens is 202 g/mol. The molecule has 0 bridgehead atoms. The van der Waals surface area contributed by atoms with Gasteiger partial charge in [0, 0.05) is 18.0 Å². The predicted molar refractivity (Wildman–Crippen MR) is 65.3 cm³/mol. The summed E-state index contributed by atoms with van der Waals surface area (Å²) in [6.45, 7) is 10.9. The van der Waals surface area contributed by atoms with E-state index < -0.39 is 0 Å². The van der Waals surface area contributed by atoms with E-state index in [1.165, 1.54) is 0 Å². The van der Waals surface area contributed by atoms with E-state index in [0.29, 0.717) is 12.6 Å². The van der Waals surface area contributed by atoms with Crippen molar-refractivity contribution in [3.63, 3.8) is 0 Å². The molecule has 1 rings (SSSR count). The van der Waals surface area contributed by atoms with Gasteiger partial charge in [-0.05, 0) is 12.1 Å². The maximum Gasteiger partial charge on any atom is 0.129 e. The topological polar surface area (TPSA) is 34.4 Å². The Kier molecular flexibility index (Phi) is 5.03. The summed E-state index contributed by atoms with van der Waals surface area (Å²) < 4.78 is 10.8. The van der Waals surface area contributed by atoms with E-state index in [1.807, 2.05) is 12.1 Å². The van der Waals surface area contributed by atoms with Crippen LogP contribution in [0.4, 0.5) is 0 Å². The molecule has 92 valence electrons. The first-order valence-corrected chi connectivity index (χ1v) is 5.83. The van der Waals surface area contributed by atoms with Gasteiger partial charge in [0.1, 0.15) is 12.4 Å². The molecule has 0 radical (unpaired) electrons. The fraction of sp³-hybridized carbons (Fsp3) is 0.692. The highest BCUT2D eigenvalue weighted by Gasteiger charge is 2.18. The Hall–Kier alpha value is -0.800. The van der Waals surface area contributed by atoms with E-state index in [0.717, 1.165) is 18.9 Å². The van der Waals surface area contributed by atoms with E-state index in [-0.39, 0.29) is 5.41 Å². The van der Waals surface area contributed by atoms with E-state index in [1.54, 1.807) is 6.26 Å². The van der Waals surface area contributed by atoms with Crippen LogP contribution < -0.4 is 5.32 Å². The molecule has 0 aliphatic rings. The fourth-order valence-corrected chi connectivity index (χ4v) is 1.35. The summed E-state index contributed by atoms with van der Waals surface area (Å²) in [4.78, 5) is 0. The molecule has 0 spiro atoms. The van der Waals surface area contributed by atoms with Crippen molar-refractivity contribution in [2.75, 3.05) is 13.2 Å². The zero-order chi connectivity index (χ0) is 12.0. The SMILES string of the molecule is CC(C)NCC(C)(C)COCc1ccco1. The number of hydrogen-bond acceptors (Lipinski definition) is 3. The Balaban J connectivity index is 2.20. The summed E-state index contributed by atoms with van der Waals surface area (Å²) in [5.41, 5.74) is 0.150. The minimum atomic E-state index is 0.150. The van der Waals surface area contributed by atoms with Crippen LogP contribution in [-0.4, -0.2) is 19.2 Å². The van der Waals surface area contributed by atoms with Gasteiger partial charge in [-0.15, -0.1) is 0 Å². The first-order chi connectivity index (χ1) is 7.49. The zero-order valence-electron chi connectivity index (χ0n) is 10.7. The Labute approximate surface area is 98.2 Å². The molecule has 0 unspecified atom stereocenters. The molecule has 0 atom stereocenters.